The Morgan fingerprint density at radius 3 is 2.97 bits per heavy atom. The first-order valence-corrected chi connectivity index (χ1v) is 11.3. The van der Waals surface area contributed by atoms with Crippen LogP contribution in [0.4, 0.5) is 10.1 Å². The van der Waals surface area contributed by atoms with Gasteiger partial charge in [0.25, 0.3) is 5.56 Å². The Labute approximate surface area is 199 Å². The summed E-state index contributed by atoms with van der Waals surface area (Å²) in [6, 6.07) is 5.66. The molecule has 0 saturated carbocycles. The first-order chi connectivity index (χ1) is 16.5. The second-order valence-corrected chi connectivity index (χ2v) is 8.42. The molecule has 2 aliphatic heterocycles. The van der Waals surface area contributed by atoms with Crippen LogP contribution in [0.3, 0.4) is 0 Å². The van der Waals surface area contributed by atoms with Crippen LogP contribution in [0.1, 0.15) is 42.3 Å². The Balaban J connectivity index is 1.40. The van der Waals surface area contributed by atoms with E-state index in [9.17, 15) is 14.4 Å². The van der Waals surface area contributed by atoms with Crippen molar-refractivity contribution < 1.29 is 13.9 Å². The van der Waals surface area contributed by atoms with Crippen molar-refractivity contribution in [3.8, 4) is 17.7 Å². The molecule has 2 aliphatic rings. The van der Waals surface area contributed by atoms with E-state index < -0.39 is 12.0 Å². The summed E-state index contributed by atoms with van der Waals surface area (Å²) in [5, 5.41) is 13.7. The molecule has 2 aromatic heterocycles. The zero-order chi connectivity index (χ0) is 23.7. The smallest absolute Gasteiger partial charge is 0.290 e. The zero-order valence-electron chi connectivity index (χ0n) is 18.1. The lowest BCUT2D eigenvalue weighted by Gasteiger charge is -2.31. The van der Waals surface area contributed by atoms with E-state index in [1.54, 1.807) is 6.20 Å². The Morgan fingerprint density at radius 1 is 1.29 bits per heavy atom. The van der Waals surface area contributed by atoms with E-state index >= 15 is 0 Å². The van der Waals surface area contributed by atoms with Gasteiger partial charge in [0.1, 0.15) is 29.0 Å². The lowest BCUT2D eigenvalue weighted by Crippen LogP contribution is -2.36. The van der Waals surface area contributed by atoms with E-state index in [1.165, 1.54) is 23.1 Å². The third-order valence-corrected chi connectivity index (χ3v) is 6.29. The van der Waals surface area contributed by atoms with Crippen LogP contribution >= 0.6 is 11.6 Å². The summed E-state index contributed by atoms with van der Waals surface area (Å²) in [7, 11) is 0. The second kappa shape index (κ2) is 9.37. The molecule has 0 amide bonds. The van der Waals surface area contributed by atoms with Gasteiger partial charge in [0.15, 0.2) is 6.23 Å². The topological polar surface area (TPSA) is 106 Å². The van der Waals surface area contributed by atoms with Crippen LogP contribution in [0.15, 0.2) is 35.5 Å². The van der Waals surface area contributed by atoms with Gasteiger partial charge in [-0.3, -0.25) is 4.79 Å². The lowest BCUT2D eigenvalue weighted by atomic mass is 10.1. The van der Waals surface area contributed by atoms with E-state index in [2.05, 4.69) is 15.1 Å². The molecule has 1 unspecified atom stereocenters. The van der Waals surface area contributed by atoms with Gasteiger partial charge in [0.2, 0.25) is 5.88 Å². The van der Waals surface area contributed by atoms with Crippen LogP contribution in [0.2, 0.25) is 5.02 Å². The Hall–Kier alpha value is -3.55. The summed E-state index contributed by atoms with van der Waals surface area (Å²) in [5.74, 6) is 0.00146. The summed E-state index contributed by atoms with van der Waals surface area (Å²) < 4.78 is 26.3. The number of rotatable bonds is 4. The van der Waals surface area contributed by atoms with Crippen molar-refractivity contribution in [1.29, 1.82) is 5.26 Å². The maximum atomic E-state index is 13.5. The first kappa shape index (κ1) is 22.3. The number of ether oxygens (including phenoxy) is 2. The average Bonchev–Trinajstić information content (AvgIpc) is 2.87. The predicted molar refractivity (Wildman–Crippen MR) is 120 cm³/mol. The van der Waals surface area contributed by atoms with Crippen LogP contribution in [0.25, 0.3) is 0 Å². The molecule has 174 valence electrons. The van der Waals surface area contributed by atoms with Crippen LogP contribution in [-0.4, -0.2) is 32.9 Å². The number of anilines is 1. The van der Waals surface area contributed by atoms with Gasteiger partial charge in [-0.05, 0) is 43.9 Å². The van der Waals surface area contributed by atoms with Crippen LogP contribution in [0.5, 0.6) is 11.6 Å². The molecule has 1 saturated heterocycles. The van der Waals surface area contributed by atoms with Crippen molar-refractivity contribution in [3.63, 3.8) is 0 Å². The highest BCUT2D eigenvalue weighted by atomic mass is 35.5. The largest absolute Gasteiger partial charge is 0.437 e. The molecule has 0 N–H and O–H groups in total. The molecule has 11 heteroatoms. The molecule has 1 atom stereocenters. The molecule has 3 aromatic rings. The molecule has 0 aliphatic carbocycles. The molecular formula is C23H20ClFN6O3. The highest BCUT2D eigenvalue weighted by Gasteiger charge is 2.27. The van der Waals surface area contributed by atoms with Crippen molar-refractivity contribution >= 4 is 17.3 Å². The molecule has 0 radical (unpaired) electrons. The average molecular weight is 483 g/mol. The number of hydrogen-bond acceptors (Lipinski definition) is 8. The van der Waals surface area contributed by atoms with Crippen LogP contribution in [-0.2, 0) is 17.7 Å². The third kappa shape index (κ3) is 4.20. The van der Waals surface area contributed by atoms with Crippen molar-refractivity contribution in [2.24, 2.45) is 0 Å². The Morgan fingerprint density at radius 2 is 2.18 bits per heavy atom. The zero-order valence-corrected chi connectivity index (χ0v) is 18.8. The molecule has 9 nitrogen and oxygen atoms in total. The summed E-state index contributed by atoms with van der Waals surface area (Å²) in [6.07, 6.45) is 5.73. The van der Waals surface area contributed by atoms with E-state index in [0.717, 1.165) is 30.9 Å². The Bertz CT molecular complexity index is 1340. The highest BCUT2D eigenvalue weighted by Crippen LogP contribution is 2.33. The van der Waals surface area contributed by atoms with Crippen molar-refractivity contribution in [1.82, 2.24) is 19.7 Å². The minimum atomic E-state index is -0.522. The highest BCUT2D eigenvalue weighted by molar-refractivity contribution is 6.33. The van der Waals surface area contributed by atoms with Gasteiger partial charge >= 0.3 is 0 Å². The maximum absolute atomic E-state index is 13.5. The Kier molecular flexibility index (Phi) is 6.13. The summed E-state index contributed by atoms with van der Waals surface area (Å²) >= 11 is 6.47. The van der Waals surface area contributed by atoms with Crippen molar-refractivity contribution in [2.75, 3.05) is 18.1 Å². The number of fused-ring (bicyclic) bond motifs is 1. The number of nitrogens with zero attached hydrogens (tertiary/aromatic N) is 6. The number of benzene rings is 1. The quantitative estimate of drug-likeness (QED) is 0.553. The van der Waals surface area contributed by atoms with Gasteiger partial charge in [-0.1, -0.05) is 11.6 Å². The van der Waals surface area contributed by atoms with Crippen molar-refractivity contribution in [2.45, 2.75) is 38.5 Å². The molecule has 0 spiro atoms. The molecule has 1 aromatic carbocycles. The molecule has 4 heterocycles. The molecule has 34 heavy (non-hydrogen) atoms. The molecular weight excluding hydrogens is 463 g/mol. The fourth-order valence-corrected chi connectivity index (χ4v) is 4.43. The van der Waals surface area contributed by atoms with Crippen LogP contribution < -0.4 is 15.2 Å². The number of hydrogen-bond donors (Lipinski definition) is 0. The van der Waals surface area contributed by atoms with Crippen molar-refractivity contribution in [3.05, 3.63) is 68.7 Å². The minimum absolute atomic E-state index is 0.0742. The monoisotopic (exact) mass is 482 g/mol. The number of aromatic nitrogens is 4. The van der Waals surface area contributed by atoms with E-state index in [-0.39, 0.29) is 21.9 Å². The normalized spacial score (nSPS) is 17.7. The maximum Gasteiger partial charge on any atom is 0.290 e. The fraction of sp³-hybridized carbons (Fsp3) is 0.348. The van der Waals surface area contributed by atoms with E-state index in [4.69, 9.17) is 21.1 Å². The van der Waals surface area contributed by atoms with Crippen LogP contribution in [0, 0.1) is 17.1 Å². The van der Waals surface area contributed by atoms with E-state index in [1.807, 2.05) is 11.0 Å². The third-order valence-electron chi connectivity index (χ3n) is 5.93. The van der Waals surface area contributed by atoms with Gasteiger partial charge in [0.05, 0.1) is 29.7 Å². The minimum Gasteiger partial charge on any atom is -0.437 e. The first-order valence-electron chi connectivity index (χ1n) is 10.9. The SMILES string of the molecule is N#Cc1cc(F)ccc1Oc1ncnc2c1CCN(c1cnn(C3CCCCO3)c(=O)c1Cl)C2. The van der Waals surface area contributed by atoms with Gasteiger partial charge in [0, 0.05) is 18.7 Å². The lowest BCUT2D eigenvalue weighted by molar-refractivity contribution is -0.0424. The van der Waals surface area contributed by atoms with Gasteiger partial charge in [-0.15, -0.1) is 0 Å². The number of halogens is 2. The summed E-state index contributed by atoms with van der Waals surface area (Å²) in [5.41, 5.74) is 1.69. The predicted octanol–water partition coefficient (Wildman–Crippen LogP) is 3.75. The molecule has 0 bridgehead atoms. The standard InChI is InChI=1S/C23H20ClFN6O3/c24-21-18(11-29-31(23(21)32)20-3-1-2-8-33-20)30-7-6-16-17(12-30)27-13-28-22(16)34-19-5-4-15(25)9-14(19)10-26/h4-5,9,11,13,20H,1-3,6-8,12H2. The number of nitriles is 1. The molecule has 5 rings (SSSR count). The van der Waals surface area contributed by atoms with E-state index in [0.29, 0.717) is 43.4 Å². The summed E-state index contributed by atoms with van der Waals surface area (Å²) in [6.45, 7) is 1.49. The van der Waals surface area contributed by atoms with Gasteiger partial charge in [-0.2, -0.15) is 15.0 Å². The summed E-state index contributed by atoms with van der Waals surface area (Å²) in [4.78, 5) is 23.4. The van der Waals surface area contributed by atoms with Gasteiger partial charge < -0.3 is 14.4 Å². The molecule has 1 fully saturated rings. The van der Waals surface area contributed by atoms with Gasteiger partial charge in [-0.25, -0.2) is 14.4 Å². The fourth-order valence-electron chi connectivity index (χ4n) is 4.18. The second-order valence-electron chi connectivity index (χ2n) is 8.04.